The number of aromatic nitrogens is 9. The predicted molar refractivity (Wildman–Crippen MR) is 147 cm³/mol. The molecule has 3 fully saturated rings. The van der Waals surface area contributed by atoms with Crippen LogP contribution in [0.15, 0.2) is 17.4 Å². The molecule has 0 unspecified atom stereocenters. The molecule has 7 rings (SSSR count). The van der Waals surface area contributed by atoms with Crippen LogP contribution >= 0.6 is 19.0 Å². The van der Waals surface area contributed by atoms with Crippen LogP contribution in [0.4, 0.5) is 16.2 Å². The Morgan fingerprint density at radius 3 is 2.75 bits per heavy atom. The normalized spacial score (nSPS) is 34.4. The minimum atomic E-state index is -4.59. The number of H-pyrrole nitrogens is 1. The van der Waals surface area contributed by atoms with E-state index in [1.165, 1.54) is 10.9 Å². The van der Waals surface area contributed by atoms with E-state index in [1.807, 2.05) is 0 Å². The van der Waals surface area contributed by atoms with Gasteiger partial charge in [0, 0.05) is 13.0 Å². The Kier molecular flexibility index (Phi) is 7.09. The third kappa shape index (κ3) is 5.20. The monoisotopic (exact) mass is 676 g/mol. The number of aromatic amines is 1. The summed E-state index contributed by atoms with van der Waals surface area (Å²) in [6.07, 6.45) is -7.79. The summed E-state index contributed by atoms with van der Waals surface area (Å²) in [5.41, 5.74) is 10.8. The van der Waals surface area contributed by atoms with Crippen molar-refractivity contribution in [3.8, 4) is 0 Å². The molecule has 0 spiro atoms. The summed E-state index contributed by atoms with van der Waals surface area (Å²) in [5, 5.41) is 7.64. The van der Waals surface area contributed by atoms with Crippen LogP contribution in [0, 0.1) is 0 Å². The zero-order valence-electron chi connectivity index (χ0n) is 21.9. The van der Waals surface area contributed by atoms with Crippen molar-refractivity contribution in [1.29, 1.82) is 0 Å². The molecule has 4 aromatic heterocycles. The molecule has 0 aliphatic carbocycles. The van der Waals surface area contributed by atoms with Gasteiger partial charge in [-0.1, -0.05) is 17.5 Å². The van der Waals surface area contributed by atoms with E-state index in [9.17, 15) is 17.8 Å². The molecule has 3 aliphatic rings. The van der Waals surface area contributed by atoms with Gasteiger partial charge in [-0.2, -0.15) is 22.8 Å². The smallest absolute Gasteiger partial charge is 0.382 e. The van der Waals surface area contributed by atoms with Crippen molar-refractivity contribution in [2.24, 2.45) is 0 Å². The van der Waals surface area contributed by atoms with Crippen LogP contribution in [0.1, 0.15) is 18.9 Å². The molecule has 7 heterocycles. The van der Waals surface area contributed by atoms with E-state index in [-0.39, 0.29) is 40.5 Å². The van der Waals surface area contributed by atoms with Gasteiger partial charge in [0.1, 0.15) is 30.2 Å². The van der Waals surface area contributed by atoms with Gasteiger partial charge in [0.25, 0.3) is 5.56 Å². The molecule has 3 saturated heterocycles. The van der Waals surface area contributed by atoms with Gasteiger partial charge >= 0.3 is 17.1 Å². The summed E-state index contributed by atoms with van der Waals surface area (Å²) in [6.45, 7) is -5.36. The van der Waals surface area contributed by atoms with E-state index >= 15 is 4.39 Å². The Morgan fingerprint density at radius 1 is 1.11 bits per heavy atom. The molecule has 44 heavy (non-hydrogen) atoms. The number of nitrogens with two attached hydrogens (primary N) is 2. The lowest BCUT2D eigenvalue weighted by molar-refractivity contribution is -0.0504. The van der Waals surface area contributed by atoms with Gasteiger partial charge in [0.05, 0.1) is 19.0 Å². The highest BCUT2D eigenvalue weighted by Gasteiger charge is 2.51. The first kappa shape index (κ1) is 29.4. The largest absolute Gasteiger partial charge is 0.386 e. The van der Waals surface area contributed by atoms with Crippen molar-refractivity contribution >= 4 is 63.4 Å². The quantitative estimate of drug-likeness (QED) is 0.122. The number of rotatable bonds is 2. The Labute approximate surface area is 249 Å². The van der Waals surface area contributed by atoms with Gasteiger partial charge in [-0.3, -0.25) is 23.4 Å². The number of fused-ring (bicyclic) bond motifs is 5. The summed E-state index contributed by atoms with van der Waals surface area (Å²) in [7, 11) is -4.59. The average molecular weight is 677 g/mol. The van der Waals surface area contributed by atoms with E-state index in [0.29, 0.717) is 0 Å². The topological polar surface area (TPSA) is 281 Å². The van der Waals surface area contributed by atoms with Crippen LogP contribution < -0.4 is 21.7 Å². The van der Waals surface area contributed by atoms with Crippen molar-refractivity contribution in [2.75, 3.05) is 24.6 Å². The zero-order valence-corrected chi connectivity index (χ0v) is 24.5. The van der Waals surface area contributed by atoms with E-state index in [2.05, 4.69) is 52.2 Å². The lowest BCUT2D eigenvalue weighted by atomic mass is 10.1. The number of hydrogen-bond acceptors (Lipinski definition) is 17. The van der Waals surface area contributed by atoms with Crippen LogP contribution in [0.2, 0.25) is 0 Å². The summed E-state index contributed by atoms with van der Waals surface area (Å²) in [5.74, 6) is -0.208. The van der Waals surface area contributed by atoms with E-state index in [0.717, 1.165) is 11.0 Å². The molecular formula is C19H22FN12O9PS2. The first-order valence-electron chi connectivity index (χ1n) is 12.7. The Morgan fingerprint density at radius 2 is 1.93 bits per heavy atom. The first-order chi connectivity index (χ1) is 20.9. The molecule has 0 radical (unpaired) electrons. The summed E-state index contributed by atoms with van der Waals surface area (Å²) >= 11 is 4.00. The molecule has 25 heteroatoms. The summed E-state index contributed by atoms with van der Waals surface area (Å²) < 4.78 is 87.9. The van der Waals surface area contributed by atoms with Crippen molar-refractivity contribution in [3.05, 3.63) is 23.0 Å². The van der Waals surface area contributed by atoms with Gasteiger partial charge in [-0.25, -0.2) is 28.1 Å². The Hall–Kier alpha value is -3.35. The molecule has 0 aromatic carbocycles. The molecule has 6 N–H and O–H groups in total. The Balaban J connectivity index is 1.19. The van der Waals surface area contributed by atoms with Crippen LogP contribution in [0.25, 0.3) is 22.3 Å². The summed E-state index contributed by atoms with van der Waals surface area (Å²) in [4.78, 5) is 30.5. The van der Waals surface area contributed by atoms with Crippen LogP contribution in [0.3, 0.4) is 0 Å². The SMILES string of the molecule is Nc1nc2c(nnn2[C@@H]2O[C@@H]3CO[P@@](=O)(S)O[C@H]4[C@H](F)[C@H](n5cnc6c(N)ncnc65)O[C@@H]4CNS(=O)(=O)O[C@@H]2C3)c(=O)[nH]1. The minimum absolute atomic E-state index is 0.0409. The lowest BCUT2D eigenvalue weighted by Crippen LogP contribution is -2.41. The molecule has 21 nitrogen and oxygen atoms in total. The van der Waals surface area contributed by atoms with Crippen LogP contribution in [-0.4, -0.2) is 96.6 Å². The molecule has 236 valence electrons. The zero-order chi connectivity index (χ0) is 31.0. The maximum atomic E-state index is 15.9. The average Bonchev–Trinajstić information content (AvgIpc) is 3.72. The lowest BCUT2D eigenvalue weighted by Gasteiger charge is -2.24. The molecular weight excluding hydrogens is 654 g/mol. The van der Waals surface area contributed by atoms with Crippen molar-refractivity contribution in [1.82, 2.24) is 49.2 Å². The number of halogens is 1. The maximum absolute atomic E-state index is 15.9. The number of nitrogen functional groups attached to an aromatic ring is 2. The highest BCUT2D eigenvalue weighted by molar-refractivity contribution is 8.44. The highest BCUT2D eigenvalue weighted by Crippen LogP contribution is 2.57. The molecule has 8 atom stereocenters. The number of hydrogen-bond donors (Lipinski definition) is 5. The highest BCUT2D eigenvalue weighted by atomic mass is 32.7. The number of alkyl halides is 1. The second-order valence-corrected chi connectivity index (χ2v) is 14.2. The Bertz CT molecular complexity index is 1980. The minimum Gasteiger partial charge on any atom is -0.382 e. The second-order valence-electron chi connectivity index (χ2n) is 9.91. The fourth-order valence-electron chi connectivity index (χ4n) is 5.16. The first-order valence-corrected chi connectivity index (χ1v) is 16.8. The van der Waals surface area contributed by atoms with Gasteiger partial charge in [0.15, 0.2) is 41.3 Å². The predicted octanol–water partition coefficient (Wildman–Crippen LogP) is -1.29. The number of thiol groups is 1. The van der Waals surface area contributed by atoms with Crippen molar-refractivity contribution < 1.29 is 40.1 Å². The molecule has 2 bridgehead atoms. The second kappa shape index (κ2) is 10.6. The van der Waals surface area contributed by atoms with Crippen LogP contribution in [-0.2, 0) is 37.6 Å². The number of nitrogens with zero attached hydrogens (tertiary/aromatic N) is 8. The third-order valence-corrected chi connectivity index (χ3v) is 9.69. The molecule has 4 aromatic rings. The molecule has 0 saturated carbocycles. The van der Waals surface area contributed by atoms with E-state index in [1.54, 1.807) is 0 Å². The molecule has 3 aliphatic heterocycles. The van der Waals surface area contributed by atoms with Gasteiger partial charge in [-0.15, -0.1) is 5.10 Å². The number of nitrogens with one attached hydrogen (secondary N) is 2. The van der Waals surface area contributed by atoms with Gasteiger partial charge in [-0.05, 0) is 0 Å². The van der Waals surface area contributed by atoms with E-state index < -0.39 is 78.9 Å². The molecule has 0 amide bonds. The third-order valence-electron chi connectivity index (χ3n) is 7.06. The standard InChI is InChI=1S/C19H22FN12O9PS2/c20-9-12-8(39-18(9)31-5-25-10-13(21)23-4-24-14(10)31)2-26-44(35,36)41-7-1-6(3-37-42(34,43)40-12)38-17(7)32-15-11(29-30-32)16(33)28-19(22)27-15/h4-9,12,17-18,26H,1-3H2,(H,34,43)(H2,21,23,24)(H3,22,27,28,33)/t6-,7+,8+,9-,12+,17+,18+,42+/m0/s1. The van der Waals surface area contributed by atoms with Crippen molar-refractivity contribution in [2.45, 2.75) is 49.5 Å². The van der Waals surface area contributed by atoms with Crippen molar-refractivity contribution in [3.63, 3.8) is 0 Å². The number of anilines is 2. The van der Waals surface area contributed by atoms with Gasteiger partial charge < -0.3 is 20.9 Å². The number of ether oxygens (including phenoxy) is 2. The summed E-state index contributed by atoms with van der Waals surface area (Å²) in [6, 6.07) is 0. The fourth-order valence-corrected chi connectivity index (χ4v) is 7.60. The van der Waals surface area contributed by atoms with E-state index in [4.69, 9.17) is 34.2 Å². The fraction of sp³-hybridized carbons (Fsp3) is 0.526. The van der Waals surface area contributed by atoms with Gasteiger partial charge in [0.2, 0.25) is 5.95 Å². The number of imidazole rings is 1. The maximum Gasteiger partial charge on any atom is 0.386 e. The van der Waals surface area contributed by atoms with Crippen LogP contribution in [0.5, 0.6) is 0 Å².